The first-order chi connectivity index (χ1) is 11.4. The van der Waals surface area contributed by atoms with Crippen molar-refractivity contribution in [2.45, 2.75) is 52.5 Å². The van der Waals surface area contributed by atoms with Crippen LogP contribution in [0.25, 0.3) is 0 Å². The normalized spacial score (nSPS) is 20.3. The largest absolute Gasteiger partial charge is 0.482 e. The van der Waals surface area contributed by atoms with Crippen LogP contribution in [-0.2, 0) is 14.3 Å². The number of amides is 1. The van der Waals surface area contributed by atoms with Crippen LogP contribution in [0, 0.1) is 19.8 Å². The van der Waals surface area contributed by atoms with E-state index in [4.69, 9.17) is 9.47 Å². The van der Waals surface area contributed by atoms with Gasteiger partial charge in [0.2, 0.25) is 0 Å². The highest BCUT2D eigenvalue weighted by atomic mass is 16.6. The molecule has 0 heterocycles. The summed E-state index contributed by atoms with van der Waals surface area (Å²) in [7, 11) is 0. The van der Waals surface area contributed by atoms with Crippen molar-refractivity contribution in [3.05, 3.63) is 29.3 Å². The summed E-state index contributed by atoms with van der Waals surface area (Å²) in [6.07, 6.45) is 4.26. The fraction of sp³-hybridized carbons (Fsp3) is 0.579. The van der Waals surface area contributed by atoms with Gasteiger partial charge in [0.05, 0.1) is 0 Å². The third-order valence-electron chi connectivity index (χ3n) is 4.58. The Balaban J connectivity index is 1.65. The first-order valence-electron chi connectivity index (χ1n) is 8.59. The number of rotatable bonds is 6. The molecule has 1 saturated carbocycles. The fourth-order valence-electron chi connectivity index (χ4n) is 2.81. The van der Waals surface area contributed by atoms with Gasteiger partial charge >= 0.3 is 5.97 Å². The predicted octanol–water partition coefficient (Wildman–Crippen LogP) is 2.92. The van der Waals surface area contributed by atoms with E-state index in [0.29, 0.717) is 5.75 Å². The molecule has 0 bridgehead atoms. The van der Waals surface area contributed by atoms with Crippen molar-refractivity contribution >= 4 is 11.9 Å². The average molecular weight is 333 g/mol. The van der Waals surface area contributed by atoms with E-state index in [1.165, 1.54) is 5.56 Å². The van der Waals surface area contributed by atoms with E-state index in [0.717, 1.165) is 37.2 Å². The predicted molar refractivity (Wildman–Crippen MR) is 91.9 cm³/mol. The highest BCUT2D eigenvalue weighted by Crippen LogP contribution is 2.23. The molecule has 0 aromatic heterocycles. The van der Waals surface area contributed by atoms with Crippen molar-refractivity contribution in [1.82, 2.24) is 5.32 Å². The zero-order chi connectivity index (χ0) is 17.5. The van der Waals surface area contributed by atoms with Gasteiger partial charge in [-0.15, -0.1) is 0 Å². The van der Waals surface area contributed by atoms with E-state index in [1.807, 2.05) is 32.0 Å². The number of ether oxygens (including phenoxy) is 2. The summed E-state index contributed by atoms with van der Waals surface area (Å²) in [6, 6.07) is 5.83. The molecule has 0 atom stereocenters. The number of nitrogens with one attached hydrogen (secondary N) is 1. The Morgan fingerprint density at radius 3 is 2.46 bits per heavy atom. The molecule has 0 spiro atoms. The van der Waals surface area contributed by atoms with Crippen LogP contribution in [0.3, 0.4) is 0 Å². The van der Waals surface area contributed by atoms with Gasteiger partial charge < -0.3 is 14.8 Å². The van der Waals surface area contributed by atoms with Crippen molar-refractivity contribution in [3.8, 4) is 5.75 Å². The molecule has 0 saturated heterocycles. The van der Waals surface area contributed by atoms with Gasteiger partial charge in [0.25, 0.3) is 5.91 Å². The van der Waals surface area contributed by atoms with E-state index in [1.54, 1.807) is 0 Å². The van der Waals surface area contributed by atoms with Crippen molar-refractivity contribution in [2.24, 2.45) is 5.92 Å². The Kier molecular flexibility index (Phi) is 6.64. The fourth-order valence-corrected chi connectivity index (χ4v) is 2.81. The lowest BCUT2D eigenvalue weighted by atomic mass is 9.87. The van der Waals surface area contributed by atoms with Crippen molar-refractivity contribution in [3.63, 3.8) is 0 Å². The molecule has 0 unspecified atom stereocenters. The number of carbonyl (C=O) groups excluding carboxylic acids is 2. The van der Waals surface area contributed by atoms with Gasteiger partial charge in [0.15, 0.2) is 13.2 Å². The molecule has 1 amide bonds. The van der Waals surface area contributed by atoms with Crippen LogP contribution >= 0.6 is 0 Å². The van der Waals surface area contributed by atoms with Crippen LogP contribution in [0.2, 0.25) is 0 Å². The summed E-state index contributed by atoms with van der Waals surface area (Å²) in [5.41, 5.74) is 2.26. The second kappa shape index (κ2) is 8.71. The van der Waals surface area contributed by atoms with Gasteiger partial charge in [-0.1, -0.05) is 13.0 Å². The Bertz CT molecular complexity index is 577. The summed E-state index contributed by atoms with van der Waals surface area (Å²) in [4.78, 5) is 23.5. The highest BCUT2D eigenvalue weighted by molar-refractivity contribution is 5.81. The minimum atomic E-state index is -0.541. The molecule has 1 aliphatic carbocycles. The molecular weight excluding hydrogens is 306 g/mol. The van der Waals surface area contributed by atoms with Gasteiger partial charge in [-0.2, -0.15) is 0 Å². The standard InChI is InChI=1S/C19H27NO4/c1-13-4-7-16(8-5-13)20-18(21)11-24-19(22)12-23-17-9-6-14(2)15(3)10-17/h6,9-10,13,16H,4-5,7-8,11-12H2,1-3H3,(H,20,21). The summed E-state index contributed by atoms with van der Waals surface area (Å²) in [5.74, 6) is 0.573. The Morgan fingerprint density at radius 2 is 1.79 bits per heavy atom. The summed E-state index contributed by atoms with van der Waals surface area (Å²) in [6.45, 7) is 5.78. The molecule has 1 aliphatic rings. The number of benzene rings is 1. The maximum Gasteiger partial charge on any atom is 0.344 e. The smallest absolute Gasteiger partial charge is 0.344 e. The topological polar surface area (TPSA) is 64.6 Å². The maximum atomic E-state index is 11.8. The second-order valence-corrected chi connectivity index (χ2v) is 6.72. The van der Waals surface area contributed by atoms with E-state index in [2.05, 4.69) is 12.2 Å². The Morgan fingerprint density at radius 1 is 1.08 bits per heavy atom. The van der Waals surface area contributed by atoms with E-state index in [-0.39, 0.29) is 25.2 Å². The first kappa shape index (κ1) is 18.3. The van der Waals surface area contributed by atoms with Gasteiger partial charge in [0, 0.05) is 6.04 Å². The molecule has 24 heavy (non-hydrogen) atoms. The molecule has 5 heteroatoms. The molecule has 1 N–H and O–H groups in total. The third-order valence-corrected chi connectivity index (χ3v) is 4.58. The van der Waals surface area contributed by atoms with E-state index < -0.39 is 5.97 Å². The van der Waals surface area contributed by atoms with Crippen LogP contribution in [-0.4, -0.2) is 31.1 Å². The SMILES string of the molecule is Cc1ccc(OCC(=O)OCC(=O)NC2CCC(C)CC2)cc1C. The third kappa shape index (κ3) is 5.87. The summed E-state index contributed by atoms with van der Waals surface area (Å²) in [5, 5.41) is 2.93. The lowest BCUT2D eigenvalue weighted by Crippen LogP contribution is -2.39. The maximum absolute atomic E-state index is 11.8. The van der Waals surface area contributed by atoms with E-state index in [9.17, 15) is 9.59 Å². The lowest BCUT2D eigenvalue weighted by Gasteiger charge is -2.26. The molecule has 1 aromatic rings. The van der Waals surface area contributed by atoms with E-state index >= 15 is 0 Å². The minimum Gasteiger partial charge on any atom is -0.482 e. The highest BCUT2D eigenvalue weighted by Gasteiger charge is 2.20. The number of carbonyl (C=O) groups is 2. The average Bonchev–Trinajstić information content (AvgIpc) is 2.56. The number of esters is 1. The second-order valence-electron chi connectivity index (χ2n) is 6.72. The number of hydrogen-bond donors (Lipinski definition) is 1. The van der Waals surface area contributed by atoms with Crippen molar-refractivity contribution in [2.75, 3.05) is 13.2 Å². The molecule has 1 fully saturated rings. The monoisotopic (exact) mass is 333 g/mol. The molecule has 1 aromatic carbocycles. The van der Waals surface area contributed by atoms with Crippen LogP contribution in [0.1, 0.15) is 43.7 Å². The van der Waals surface area contributed by atoms with Crippen molar-refractivity contribution < 1.29 is 19.1 Å². The quantitative estimate of drug-likeness (QED) is 0.813. The van der Waals surface area contributed by atoms with Gasteiger partial charge in [-0.25, -0.2) is 4.79 Å². The number of aryl methyl sites for hydroxylation is 2. The molecule has 0 aliphatic heterocycles. The first-order valence-corrected chi connectivity index (χ1v) is 8.59. The Labute approximate surface area is 143 Å². The van der Waals surface area contributed by atoms with Crippen LogP contribution in [0.4, 0.5) is 0 Å². The molecule has 132 valence electrons. The zero-order valence-electron chi connectivity index (χ0n) is 14.8. The molecule has 5 nitrogen and oxygen atoms in total. The van der Waals surface area contributed by atoms with Gasteiger partial charge in [-0.05, 0) is 68.7 Å². The lowest BCUT2D eigenvalue weighted by molar-refractivity contribution is -0.150. The number of hydrogen-bond acceptors (Lipinski definition) is 4. The molecular formula is C19H27NO4. The van der Waals surface area contributed by atoms with Crippen LogP contribution in [0.5, 0.6) is 5.75 Å². The minimum absolute atomic E-state index is 0.198. The molecule has 0 radical (unpaired) electrons. The summed E-state index contributed by atoms with van der Waals surface area (Å²) < 4.78 is 10.4. The van der Waals surface area contributed by atoms with Crippen molar-refractivity contribution in [1.29, 1.82) is 0 Å². The Hall–Kier alpha value is -2.04. The zero-order valence-corrected chi connectivity index (χ0v) is 14.8. The van der Waals surface area contributed by atoms with Gasteiger partial charge in [0.1, 0.15) is 5.75 Å². The van der Waals surface area contributed by atoms with Crippen LogP contribution < -0.4 is 10.1 Å². The molecule has 2 rings (SSSR count). The summed E-state index contributed by atoms with van der Waals surface area (Å²) >= 11 is 0. The van der Waals surface area contributed by atoms with Crippen LogP contribution in [0.15, 0.2) is 18.2 Å². The van der Waals surface area contributed by atoms with Gasteiger partial charge in [-0.3, -0.25) is 4.79 Å².